The molecule has 1 saturated heterocycles. The molecule has 0 bridgehead atoms. The fourth-order valence-electron chi connectivity index (χ4n) is 4.26. The Morgan fingerprint density at radius 1 is 1.17 bits per heavy atom. The van der Waals surface area contributed by atoms with Crippen LogP contribution in [0.5, 0.6) is 0 Å². The first kappa shape index (κ1) is 20.7. The Kier molecular flexibility index (Phi) is 5.64. The zero-order chi connectivity index (χ0) is 20.6. The fraction of sp³-hybridized carbons (Fsp3) is 0.682. The van der Waals surface area contributed by atoms with Crippen LogP contribution in [0.25, 0.3) is 0 Å². The number of carbonyl (C=O) groups excluding carboxylic acids is 1. The third-order valence-electron chi connectivity index (χ3n) is 6.62. The van der Waals surface area contributed by atoms with Crippen LogP contribution in [0.2, 0.25) is 0 Å². The number of sulfone groups is 1. The van der Waals surface area contributed by atoms with Gasteiger partial charge in [0.15, 0.2) is 9.84 Å². The molecular formula is C22H31NO5S. The zero-order valence-corrected chi connectivity index (χ0v) is 18.1. The molecule has 4 rings (SSSR count). The van der Waals surface area contributed by atoms with E-state index >= 15 is 0 Å². The number of carbonyl (C=O) groups is 1. The molecule has 2 atom stereocenters. The summed E-state index contributed by atoms with van der Waals surface area (Å²) in [4.78, 5) is 14.4. The van der Waals surface area contributed by atoms with Gasteiger partial charge in [-0.05, 0) is 74.5 Å². The molecule has 0 spiro atoms. The lowest BCUT2D eigenvalue weighted by atomic mass is 9.91. The number of hydrogen-bond donors (Lipinski definition) is 0. The smallest absolute Gasteiger partial charge is 0.410 e. The van der Waals surface area contributed by atoms with E-state index in [1.807, 2.05) is 24.0 Å². The Bertz CT molecular complexity index is 838. The van der Waals surface area contributed by atoms with Gasteiger partial charge in [-0.25, -0.2) is 13.2 Å². The van der Waals surface area contributed by atoms with Crippen molar-refractivity contribution >= 4 is 15.9 Å². The predicted molar refractivity (Wildman–Crippen MR) is 109 cm³/mol. The Morgan fingerprint density at radius 3 is 2.41 bits per heavy atom. The normalized spacial score (nSPS) is 26.2. The average molecular weight is 422 g/mol. The summed E-state index contributed by atoms with van der Waals surface area (Å²) in [6.45, 7) is 4.87. The molecule has 0 N–H and O–H groups in total. The zero-order valence-electron chi connectivity index (χ0n) is 17.3. The van der Waals surface area contributed by atoms with Crippen molar-refractivity contribution in [3.05, 3.63) is 29.8 Å². The van der Waals surface area contributed by atoms with Gasteiger partial charge in [0.2, 0.25) is 0 Å². The van der Waals surface area contributed by atoms with Crippen molar-refractivity contribution in [1.82, 2.24) is 4.90 Å². The molecule has 1 aliphatic heterocycles. The minimum atomic E-state index is -3.15. The number of nitrogens with zero attached hydrogens (tertiary/aromatic N) is 1. The summed E-state index contributed by atoms with van der Waals surface area (Å²) in [6, 6.07) is 6.90. The molecule has 2 aliphatic carbocycles. The molecule has 0 aromatic heterocycles. The number of rotatable bonds is 7. The molecule has 6 nitrogen and oxygen atoms in total. The van der Waals surface area contributed by atoms with Crippen LogP contribution in [0.4, 0.5) is 4.79 Å². The van der Waals surface area contributed by atoms with Crippen LogP contribution >= 0.6 is 0 Å². The molecule has 3 fully saturated rings. The highest BCUT2D eigenvalue weighted by molar-refractivity contribution is 7.90. The molecule has 7 heteroatoms. The molecule has 29 heavy (non-hydrogen) atoms. The van der Waals surface area contributed by atoms with E-state index in [4.69, 9.17) is 9.47 Å². The molecule has 2 saturated carbocycles. The quantitative estimate of drug-likeness (QED) is 0.672. The summed E-state index contributed by atoms with van der Waals surface area (Å²) < 4.78 is 34.5. The van der Waals surface area contributed by atoms with Crippen molar-refractivity contribution in [3.63, 3.8) is 0 Å². The van der Waals surface area contributed by atoms with Gasteiger partial charge in [-0.15, -0.1) is 0 Å². The predicted octanol–water partition coefficient (Wildman–Crippen LogP) is 3.64. The Balaban J connectivity index is 1.14. The topological polar surface area (TPSA) is 72.9 Å². The van der Waals surface area contributed by atoms with Crippen molar-refractivity contribution in [1.29, 1.82) is 0 Å². The molecule has 1 aromatic carbocycles. The van der Waals surface area contributed by atoms with Crippen molar-refractivity contribution in [3.8, 4) is 0 Å². The monoisotopic (exact) mass is 421 g/mol. The molecule has 3 aliphatic rings. The van der Waals surface area contributed by atoms with E-state index in [1.165, 1.54) is 12.7 Å². The van der Waals surface area contributed by atoms with Gasteiger partial charge in [0, 0.05) is 19.3 Å². The second kappa shape index (κ2) is 7.91. The first-order valence-corrected chi connectivity index (χ1v) is 12.5. The van der Waals surface area contributed by atoms with Crippen LogP contribution in [0.15, 0.2) is 29.2 Å². The molecule has 0 radical (unpaired) electrons. The van der Waals surface area contributed by atoms with Gasteiger partial charge in [0.25, 0.3) is 0 Å². The highest BCUT2D eigenvalue weighted by Crippen LogP contribution is 2.48. The second-order valence-corrected chi connectivity index (χ2v) is 11.2. The summed E-state index contributed by atoms with van der Waals surface area (Å²) in [7, 11) is -3.15. The molecule has 2 unspecified atom stereocenters. The summed E-state index contributed by atoms with van der Waals surface area (Å²) >= 11 is 0. The maximum absolute atomic E-state index is 12.2. The Morgan fingerprint density at radius 2 is 1.83 bits per heavy atom. The number of amides is 1. The standard InChI is InChI=1S/C22H31NO5S/c1-22(9-10-22)28-21(24)23-11-7-17(8-12-23)20-13-18(20)15-27-14-16-3-5-19(6-4-16)29(2,25)26/h3-6,17-18,20H,7-15H2,1-2H3. The van der Waals surface area contributed by atoms with E-state index in [9.17, 15) is 13.2 Å². The largest absolute Gasteiger partial charge is 0.443 e. The minimum absolute atomic E-state index is 0.138. The molecular weight excluding hydrogens is 390 g/mol. The summed E-state index contributed by atoms with van der Waals surface area (Å²) in [5.74, 6) is 2.00. The average Bonchev–Trinajstić information content (AvgIpc) is 3.60. The first-order chi connectivity index (χ1) is 13.7. The SMILES string of the molecule is CC1(OC(=O)N2CCC(C3CC3COCc3ccc(S(C)(=O)=O)cc3)CC2)CC1. The van der Waals surface area contributed by atoms with Crippen LogP contribution in [0, 0.1) is 17.8 Å². The van der Waals surface area contributed by atoms with Gasteiger partial charge in [-0.1, -0.05) is 12.1 Å². The van der Waals surface area contributed by atoms with Gasteiger partial charge in [-0.3, -0.25) is 0 Å². The van der Waals surface area contributed by atoms with E-state index < -0.39 is 9.84 Å². The molecule has 1 heterocycles. The van der Waals surface area contributed by atoms with E-state index in [-0.39, 0.29) is 11.7 Å². The molecule has 1 amide bonds. The first-order valence-electron chi connectivity index (χ1n) is 10.6. The number of ether oxygens (including phenoxy) is 2. The van der Waals surface area contributed by atoms with Crippen molar-refractivity contribution in [2.45, 2.75) is 56.1 Å². The number of benzene rings is 1. The van der Waals surface area contributed by atoms with E-state index in [0.29, 0.717) is 29.3 Å². The molecule has 160 valence electrons. The van der Waals surface area contributed by atoms with E-state index in [1.54, 1.807) is 12.1 Å². The van der Waals surface area contributed by atoms with Gasteiger partial charge in [0.05, 0.1) is 18.1 Å². The number of hydrogen-bond acceptors (Lipinski definition) is 5. The lowest BCUT2D eigenvalue weighted by molar-refractivity contribution is 0.0463. The van der Waals surface area contributed by atoms with Crippen LogP contribution in [-0.4, -0.2) is 51.0 Å². The number of likely N-dealkylation sites (tertiary alicyclic amines) is 1. The van der Waals surface area contributed by atoms with Gasteiger partial charge in [0.1, 0.15) is 5.60 Å². The number of piperidine rings is 1. The summed E-state index contributed by atoms with van der Waals surface area (Å²) in [5.41, 5.74) is 0.795. The lowest BCUT2D eigenvalue weighted by Crippen LogP contribution is -2.40. The third-order valence-corrected chi connectivity index (χ3v) is 7.75. The lowest BCUT2D eigenvalue weighted by Gasteiger charge is -2.32. The highest BCUT2D eigenvalue weighted by Gasteiger charge is 2.45. The van der Waals surface area contributed by atoms with E-state index in [0.717, 1.165) is 50.9 Å². The van der Waals surface area contributed by atoms with Crippen molar-refractivity contribution < 1.29 is 22.7 Å². The Hall–Kier alpha value is -1.60. The molecule has 1 aromatic rings. The van der Waals surface area contributed by atoms with Gasteiger partial charge >= 0.3 is 6.09 Å². The van der Waals surface area contributed by atoms with Crippen molar-refractivity contribution in [2.75, 3.05) is 26.0 Å². The summed E-state index contributed by atoms with van der Waals surface area (Å²) in [5, 5.41) is 0. The van der Waals surface area contributed by atoms with E-state index in [2.05, 4.69) is 0 Å². The maximum Gasteiger partial charge on any atom is 0.410 e. The van der Waals surface area contributed by atoms with Crippen LogP contribution < -0.4 is 0 Å². The fourth-order valence-corrected chi connectivity index (χ4v) is 4.90. The van der Waals surface area contributed by atoms with Crippen LogP contribution in [0.1, 0.15) is 44.6 Å². The summed E-state index contributed by atoms with van der Waals surface area (Å²) in [6.07, 6.45) is 6.37. The van der Waals surface area contributed by atoms with Gasteiger partial charge < -0.3 is 14.4 Å². The second-order valence-electron chi connectivity index (χ2n) is 9.23. The van der Waals surface area contributed by atoms with Crippen LogP contribution in [-0.2, 0) is 25.9 Å². The maximum atomic E-state index is 12.2. The van der Waals surface area contributed by atoms with Gasteiger partial charge in [-0.2, -0.15) is 0 Å². The van der Waals surface area contributed by atoms with Crippen LogP contribution in [0.3, 0.4) is 0 Å². The van der Waals surface area contributed by atoms with Crippen molar-refractivity contribution in [2.24, 2.45) is 17.8 Å². The Labute approximate surface area is 173 Å². The third kappa shape index (κ3) is 5.31. The minimum Gasteiger partial charge on any atom is -0.443 e. The highest BCUT2D eigenvalue weighted by atomic mass is 32.2.